The minimum atomic E-state index is 0.236. The number of aromatic nitrogens is 2. The molecule has 0 bridgehead atoms. The van der Waals surface area contributed by atoms with E-state index < -0.39 is 0 Å². The van der Waals surface area contributed by atoms with E-state index in [-0.39, 0.29) is 12.1 Å². The number of pyridine rings is 2. The van der Waals surface area contributed by atoms with Crippen molar-refractivity contribution in [3.63, 3.8) is 0 Å². The molecule has 0 spiro atoms. The van der Waals surface area contributed by atoms with Crippen molar-refractivity contribution in [3.05, 3.63) is 60.9 Å². The summed E-state index contributed by atoms with van der Waals surface area (Å²) in [7, 11) is 3.36. The summed E-state index contributed by atoms with van der Waals surface area (Å²) in [5.41, 5.74) is 15.6. The summed E-state index contributed by atoms with van der Waals surface area (Å²) in [5, 5.41) is 9.19. The predicted molar refractivity (Wildman–Crippen MR) is 169 cm³/mol. The molecule has 0 aliphatic carbocycles. The summed E-state index contributed by atoms with van der Waals surface area (Å²) in [4.78, 5) is 8.92. The minimum Gasteiger partial charge on any atom is -0.497 e. The minimum absolute atomic E-state index is 0.236. The van der Waals surface area contributed by atoms with Crippen LogP contribution in [0.5, 0.6) is 11.5 Å². The number of rotatable bonds is 12. The highest BCUT2D eigenvalue weighted by molar-refractivity contribution is 5.92. The van der Waals surface area contributed by atoms with Crippen molar-refractivity contribution in [2.45, 2.75) is 77.5 Å². The molecule has 0 fully saturated rings. The first kappa shape index (κ1) is 30.9. The Bertz CT molecular complexity index is 1240. The second-order valence-corrected chi connectivity index (χ2v) is 10.7. The Morgan fingerprint density at radius 2 is 1.05 bits per heavy atom. The number of nitrogens with one attached hydrogen (secondary N) is 2. The summed E-state index contributed by atoms with van der Waals surface area (Å²) in [5.74, 6) is 1.68. The van der Waals surface area contributed by atoms with Crippen LogP contribution < -0.4 is 31.6 Å². The van der Waals surface area contributed by atoms with E-state index in [1.54, 1.807) is 14.2 Å². The average molecular weight is 547 g/mol. The molecule has 2 aromatic carbocycles. The third kappa shape index (κ3) is 9.24. The molecule has 0 aliphatic heterocycles. The van der Waals surface area contributed by atoms with Crippen LogP contribution in [-0.4, -0.2) is 48.4 Å². The number of hydrogen-bond donors (Lipinski definition) is 4. The van der Waals surface area contributed by atoms with E-state index in [0.717, 1.165) is 70.4 Å². The van der Waals surface area contributed by atoms with Gasteiger partial charge in [-0.15, -0.1) is 0 Å². The van der Waals surface area contributed by atoms with Gasteiger partial charge in [0.1, 0.15) is 11.5 Å². The number of hydrogen-bond acceptors (Lipinski definition) is 8. The van der Waals surface area contributed by atoms with E-state index in [4.69, 9.17) is 20.9 Å². The van der Waals surface area contributed by atoms with Crippen LogP contribution in [0.15, 0.2) is 60.9 Å². The monoisotopic (exact) mass is 546 g/mol. The van der Waals surface area contributed by atoms with Crippen molar-refractivity contribution in [2.75, 3.05) is 24.9 Å². The maximum Gasteiger partial charge on any atom is 0.121 e. The quantitative estimate of drug-likeness (QED) is 0.162. The van der Waals surface area contributed by atoms with Crippen LogP contribution in [0.2, 0.25) is 0 Å². The fraction of sp³-hybridized carbons (Fsp3) is 0.438. The largest absolute Gasteiger partial charge is 0.497 e. The first-order valence-corrected chi connectivity index (χ1v) is 14.1. The van der Waals surface area contributed by atoms with Crippen LogP contribution in [0.25, 0.3) is 21.8 Å². The Morgan fingerprint density at radius 1 is 0.650 bits per heavy atom. The fourth-order valence-corrected chi connectivity index (χ4v) is 4.49. The first-order chi connectivity index (χ1) is 19.2. The van der Waals surface area contributed by atoms with Crippen LogP contribution in [-0.2, 0) is 0 Å². The lowest BCUT2D eigenvalue weighted by Gasteiger charge is -2.18. The van der Waals surface area contributed by atoms with Gasteiger partial charge in [-0.3, -0.25) is 9.97 Å². The molecule has 4 rings (SSSR count). The molecule has 0 saturated heterocycles. The Hall–Kier alpha value is -3.62. The maximum absolute atomic E-state index is 5.81. The van der Waals surface area contributed by atoms with Gasteiger partial charge in [0.2, 0.25) is 0 Å². The molecule has 4 atom stereocenters. The van der Waals surface area contributed by atoms with Gasteiger partial charge in [0.15, 0.2) is 0 Å². The zero-order valence-electron chi connectivity index (χ0n) is 24.8. The van der Waals surface area contributed by atoms with Gasteiger partial charge in [0, 0.05) is 59.5 Å². The van der Waals surface area contributed by atoms with Gasteiger partial charge in [0.25, 0.3) is 0 Å². The maximum atomic E-state index is 5.81. The van der Waals surface area contributed by atoms with E-state index in [1.165, 1.54) is 0 Å². The van der Waals surface area contributed by atoms with Crippen molar-refractivity contribution in [1.82, 2.24) is 9.97 Å². The summed E-state index contributed by atoms with van der Waals surface area (Å²) >= 11 is 0. The zero-order chi connectivity index (χ0) is 29.1. The van der Waals surface area contributed by atoms with Gasteiger partial charge in [-0.1, -0.05) is 12.1 Å². The van der Waals surface area contributed by atoms with Crippen LogP contribution in [0.3, 0.4) is 0 Å². The summed E-state index contributed by atoms with van der Waals surface area (Å²) in [6.45, 7) is 8.40. The molecule has 8 nitrogen and oxygen atoms in total. The smallest absolute Gasteiger partial charge is 0.121 e. The number of ether oxygens (including phenoxy) is 2. The standard InChI is InChI=1S/2C16H23N3O/c2*1-11(17)6-7-12(2)19-15-10-14(20-3)9-13-5-4-8-18-16(13)15/h2*4-5,8-12,19H,6-7,17H2,1-3H3/t2*11?,12-/m10/s1. The lowest BCUT2D eigenvalue weighted by molar-refractivity contribution is 0.415. The van der Waals surface area contributed by atoms with Crippen molar-refractivity contribution in [2.24, 2.45) is 11.5 Å². The van der Waals surface area contributed by atoms with Crippen LogP contribution >= 0.6 is 0 Å². The molecule has 8 heteroatoms. The zero-order valence-corrected chi connectivity index (χ0v) is 24.8. The van der Waals surface area contributed by atoms with Crippen molar-refractivity contribution in [3.8, 4) is 11.5 Å². The van der Waals surface area contributed by atoms with Gasteiger partial charge in [0.05, 0.1) is 36.6 Å². The Morgan fingerprint density at radius 3 is 1.40 bits per heavy atom. The number of methoxy groups -OCH3 is 2. The van der Waals surface area contributed by atoms with E-state index in [0.29, 0.717) is 12.1 Å². The second-order valence-electron chi connectivity index (χ2n) is 10.7. The Labute approximate surface area is 238 Å². The molecule has 6 N–H and O–H groups in total. The highest BCUT2D eigenvalue weighted by atomic mass is 16.5. The van der Waals surface area contributed by atoms with Crippen LogP contribution in [0.4, 0.5) is 11.4 Å². The van der Waals surface area contributed by atoms with Crippen LogP contribution in [0, 0.1) is 0 Å². The lowest BCUT2D eigenvalue weighted by atomic mass is 10.1. The number of nitrogens with two attached hydrogens (primary N) is 2. The summed E-state index contributed by atoms with van der Waals surface area (Å²) in [6.07, 6.45) is 7.69. The Balaban J connectivity index is 0.000000220. The molecule has 216 valence electrons. The van der Waals surface area contributed by atoms with Crippen molar-refractivity contribution < 1.29 is 9.47 Å². The van der Waals surface area contributed by atoms with Gasteiger partial charge in [-0.25, -0.2) is 0 Å². The molecule has 0 radical (unpaired) electrons. The van der Waals surface area contributed by atoms with E-state index >= 15 is 0 Å². The second kappa shape index (κ2) is 15.2. The van der Waals surface area contributed by atoms with Gasteiger partial charge < -0.3 is 31.6 Å². The van der Waals surface area contributed by atoms with Gasteiger partial charge in [-0.05, 0) is 77.6 Å². The predicted octanol–water partition coefficient (Wildman–Crippen LogP) is 6.34. The number of benzene rings is 2. The molecule has 2 unspecified atom stereocenters. The first-order valence-electron chi connectivity index (χ1n) is 14.1. The third-order valence-corrected chi connectivity index (χ3v) is 6.74. The SMILES string of the molecule is COc1cc(N[C@@H](C)CCC(C)N)c2ncccc2c1.COc1cc(N[C@H](C)CCC(C)N)c2ncccc2c1. The van der Waals surface area contributed by atoms with Gasteiger partial charge in [-0.2, -0.15) is 0 Å². The van der Waals surface area contributed by atoms with E-state index in [1.807, 2.05) is 74.8 Å². The summed E-state index contributed by atoms with van der Waals surface area (Å²) in [6, 6.07) is 17.1. The van der Waals surface area contributed by atoms with Crippen molar-refractivity contribution in [1.29, 1.82) is 0 Å². The fourth-order valence-electron chi connectivity index (χ4n) is 4.49. The molecule has 40 heavy (non-hydrogen) atoms. The topological polar surface area (TPSA) is 120 Å². The molecule has 0 amide bonds. The molecule has 2 aromatic heterocycles. The highest BCUT2D eigenvalue weighted by Crippen LogP contribution is 2.29. The number of nitrogens with zero attached hydrogens (tertiary/aromatic N) is 2. The van der Waals surface area contributed by atoms with Gasteiger partial charge >= 0.3 is 0 Å². The number of anilines is 2. The Kier molecular flexibility index (Phi) is 11.8. The average Bonchev–Trinajstić information content (AvgIpc) is 2.95. The van der Waals surface area contributed by atoms with Crippen molar-refractivity contribution >= 4 is 33.2 Å². The number of fused-ring (bicyclic) bond motifs is 2. The molecule has 4 aromatic rings. The molecule has 2 heterocycles. The highest BCUT2D eigenvalue weighted by Gasteiger charge is 2.11. The summed E-state index contributed by atoms with van der Waals surface area (Å²) < 4.78 is 10.7. The van der Waals surface area contributed by atoms with Crippen LogP contribution in [0.1, 0.15) is 53.4 Å². The lowest BCUT2D eigenvalue weighted by Crippen LogP contribution is -2.21. The van der Waals surface area contributed by atoms with E-state index in [2.05, 4.69) is 34.4 Å². The molecule has 0 aliphatic rings. The van der Waals surface area contributed by atoms with E-state index in [9.17, 15) is 0 Å². The molecule has 0 saturated carbocycles. The normalized spacial score (nSPS) is 14.0. The molecular weight excluding hydrogens is 500 g/mol. The third-order valence-electron chi connectivity index (χ3n) is 6.74. The molecular formula is C32H46N6O2.